The quantitative estimate of drug-likeness (QED) is 0.723. The summed E-state index contributed by atoms with van der Waals surface area (Å²) in [6, 6.07) is 1.96. The summed E-state index contributed by atoms with van der Waals surface area (Å²) in [6.07, 6.45) is 4.24. The Morgan fingerprint density at radius 2 is 2.17 bits per heavy atom. The van der Waals surface area contributed by atoms with Crippen LogP contribution in [0.15, 0.2) is 18.5 Å². The van der Waals surface area contributed by atoms with Gasteiger partial charge >= 0.3 is 0 Å². The van der Waals surface area contributed by atoms with Gasteiger partial charge in [0.25, 0.3) is 0 Å². The molecule has 1 aromatic heterocycles. The molecule has 0 spiro atoms. The summed E-state index contributed by atoms with van der Waals surface area (Å²) < 4.78 is 0. The first-order valence-electron chi connectivity index (χ1n) is 4.11. The van der Waals surface area contributed by atoms with Gasteiger partial charge in [-0.3, -0.25) is 4.98 Å². The lowest BCUT2D eigenvalue weighted by molar-refractivity contribution is 0.0807. The van der Waals surface area contributed by atoms with Gasteiger partial charge in [0, 0.05) is 18.8 Å². The van der Waals surface area contributed by atoms with Crippen molar-refractivity contribution >= 4 is 0 Å². The number of aliphatic hydroxyl groups is 1. The van der Waals surface area contributed by atoms with Gasteiger partial charge in [-0.05, 0) is 38.0 Å². The lowest BCUT2D eigenvalue weighted by Gasteiger charge is -2.17. The number of aromatic nitrogens is 1. The first-order chi connectivity index (χ1) is 5.49. The molecule has 1 rings (SSSR count). The minimum absolute atomic E-state index is 0.645. The molecule has 1 N–H and O–H groups in total. The average Bonchev–Trinajstić information content (AvgIpc) is 1.91. The molecular formula is C10H15NO. The van der Waals surface area contributed by atoms with Gasteiger partial charge in [0.05, 0.1) is 5.60 Å². The Morgan fingerprint density at radius 3 is 2.67 bits per heavy atom. The molecule has 0 radical (unpaired) electrons. The van der Waals surface area contributed by atoms with Crippen LogP contribution >= 0.6 is 0 Å². The normalized spacial score (nSPS) is 11.7. The van der Waals surface area contributed by atoms with E-state index in [2.05, 4.69) is 4.98 Å². The molecule has 0 atom stereocenters. The van der Waals surface area contributed by atoms with E-state index >= 15 is 0 Å². The monoisotopic (exact) mass is 165 g/mol. The van der Waals surface area contributed by atoms with Crippen molar-refractivity contribution in [2.75, 3.05) is 0 Å². The highest BCUT2D eigenvalue weighted by atomic mass is 16.3. The highest BCUT2D eigenvalue weighted by Gasteiger charge is 2.14. The summed E-state index contributed by atoms with van der Waals surface area (Å²) in [6.45, 7) is 5.64. The zero-order chi connectivity index (χ0) is 9.19. The van der Waals surface area contributed by atoms with Crippen molar-refractivity contribution in [3.8, 4) is 0 Å². The van der Waals surface area contributed by atoms with Crippen molar-refractivity contribution in [3.63, 3.8) is 0 Å². The van der Waals surface area contributed by atoms with Gasteiger partial charge in [-0.15, -0.1) is 0 Å². The van der Waals surface area contributed by atoms with Gasteiger partial charge in [-0.2, -0.15) is 0 Å². The van der Waals surface area contributed by atoms with E-state index in [-0.39, 0.29) is 0 Å². The predicted octanol–water partition coefficient (Wildman–Crippen LogP) is 1.70. The molecule has 2 nitrogen and oxygen atoms in total. The molecule has 66 valence electrons. The zero-order valence-electron chi connectivity index (χ0n) is 7.83. The molecule has 0 fully saturated rings. The third-order valence-corrected chi connectivity index (χ3v) is 1.77. The van der Waals surface area contributed by atoms with E-state index in [1.165, 1.54) is 5.56 Å². The summed E-state index contributed by atoms with van der Waals surface area (Å²) in [7, 11) is 0. The van der Waals surface area contributed by atoms with Gasteiger partial charge in [-0.25, -0.2) is 0 Å². The van der Waals surface area contributed by atoms with Gasteiger partial charge in [0.1, 0.15) is 0 Å². The summed E-state index contributed by atoms with van der Waals surface area (Å²) in [4.78, 5) is 4.02. The molecule has 0 amide bonds. The lowest BCUT2D eigenvalue weighted by Crippen LogP contribution is -2.22. The molecule has 0 unspecified atom stereocenters. The zero-order valence-corrected chi connectivity index (χ0v) is 7.83. The molecule has 1 heterocycles. The van der Waals surface area contributed by atoms with Crippen LogP contribution in [0.3, 0.4) is 0 Å². The Labute approximate surface area is 73.3 Å². The van der Waals surface area contributed by atoms with Crippen molar-refractivity contribution < 1.29 is 5.11 Å². The van der Waals surface area contributed by atoms with Crippen molar-refractivity contribution in [1.29, 1.82) is 0 Å². The number of hydrogen-bond donors (Lipinski definition) is 1. The maximum absolute atomic E-state index is 9.57. The molecular weight excluding hydrogens is 150 g/mol. The fourth-order valence-electron chi connectivity index (χ4n) is 1.15. The van der Waals surface area contributed by atoms with Crippen molar-refractivity contribution in [2.24, 2.45) is 0 Å². The number of rotatable bonds is 2. The molecule has 0 aromatic carbocycles. The van der Waals surface area contributed by atoms with E-state index in [0.717, 1.165) is 5.56 Å². The molecule has 0 saturated carbocycles. The summed E-state index contributed by atoms with van der Waals surface area (Å²) in [5.41, 5.74) is 1.66. The van der Waals surface area contributed by atoms with Crippen LogP contribution < -0.4 is 0 Å². The van der Waals surface area contributed by atoms with Crippen molar-refractivity contribution in [1.82, 2.24) is 4.98 Å². The van der Waals surface area contributed by atoms with Crippen LogP contribution in [-0.4, -0.2) is 15.7 Å². The van der Waals surface area contributed by atoms with Crippen LogP contribution in [-0.2, 0) is 6.42 Å². The van der Waals surface area contributed by atoms with Crippen LogP contribution in [0.4, 0.5) is 0 Å². The van der Waals surface area contributed by atoms with Crippen LogP contribution in [0.25, 0.3) is 0 Å². The SMILES string of the molecule is Cc1ccncc1CC(C)(C)O. The van der Waals surface area contributed by atoms with Crippen LogP contribution in [0.2, 0.25) is 0 Å². The maximum Gasteiger partial charge on any atom is 0.0632 e. The van der Waals surface area contributed by atoms with Crippen molar-refractivity contribution in [2.45, 2.75) is 32.8 Å². The van der Waals surface area contributed by atoms with Crippen LogP contribution in [0.1, 0.15) is 25.0 Å². The number of nitrogens with zero attached hydrogens (tertiary/aromatic N) is 1. The molecule has 1 aromatic rings. The predicted molar refractivity (Wildman–Crippen MR) is 49.0 cm³/mol. The Balaban J connectivity index is 2.83. The fraction of sp³-hybridized carbons (Fsp3) is 0.500. The second-order valence-electron chi connectivity index (χ2n) is 3.79. The Kier molecular flexibility index (Phi) is 2.48. The molecule has 12 heavy (non-hydrogen) atoms. The second kappa shape index (κ2) is 3.23. The number of hydrogen-bond acceptors (Lipinski definition) is 2. The number of pyridine rings is 1. The van der Waals surface area contributed by atoms with Gasteiger partial charge in [0.15, 0.2) is 0 Å². The number of aryl methyl sites for hydroxylation is 1. The topological polar surface area (TPSA) is 33.1 Å². The Bertz CT molecular complexity index is 263. The van der Waals surface area contributed by atoms with Gasteiger partial charge in [-0.1, -0.05) is 0 Å². The van der Waals surface area contributed by atoms with Gasteiger partial charge < -0.3 is 5.11 Å². The Morgan fingerprint density at radius 1 is 1.50 bits per heavy atom. The maximum atomic E-state index is 9.57. The highest BCUT2D eigenvalue weighted by molar-refractivity contribution is 5.22. The van der Waals surface area contributed by atoms with E-state index in [0.29, 0.717) is 6.42 Å². The van der Waals surface area contributed by atoms with Crippen molar-refractivity contribution in [3.05, 3.63) is 29.6 Å². The van der Waals surface area contributed by atoms with E-state index < -0.39 is 5.60 Å². The minimum atomic E-state index is -0.645. The first-order valence-corrected chi connectivity index (χ1v) is 4.11. The molecule has 0 bridgehead atoms. The molecule has 2 heteroatoms. The third-order valence-electron chi connectivity index (χ3n) is 1.77. The molecule has 0 aliphatic rings. The van der Waals surface area contributed by atoms with Gasteiger partial charge in [0.2, 0.25) is 0 Å². The smallest absolute Gasteiger partial charge is 0.0632 e. The van der Waals surface area contributed by atoms with E-state index in [4.69, 9.17) is 0 Å². The minimum Gasteiger partial charge on any atom is -0.390 e. The average molecular weight is 165 g/mol. The third kappa shape index (κ3) is 2.62. The highest BCUT2D eigenvalue weighted by Crippen LogP contribution is 2.14. The standard InChI is InChI=1S/C10H15NO/c1-8-4-5-11-7-9(8)6-10(2,3)12/h4-5,7,12H,6H2,1-3H3. The second-order valence-corrected chi connectivity index (χ2v) is 3.79. The van der Waals surface area contributed by atoms with E-state index in [9.17, 15) is 5.11 Å². The summed E-state index contributed by atoms with van der Waals surface area (Å²) in [5.74, 6) is 0. The Hall–Kier alpha value is -0.890. The van der Waals surface area contributed by atoms with Crippen LogP contribution in [0, 0.1) is 6.92 Å². The summed E-state index contributed by atoms with van der Waals surface area (Å²) in [5, 5.41) is 9.57. The summed E-state index contributed by atoms with van der Waals surface area (Å²) >= 11 is 0. The molecule has 0 saturated heterocycles. The van der Waals surface area contributed by atoms with E-state index in [1.54, 1.807) is 20.0 Å². The fourth-order valence-corrected chi connectivity index (χ4v) is 1.15. The molecule has 0 aliphatic carbocycles. The molecule has 0 aliphatic heterocycles. The van der Waals surface area contributed by atoms with Crippen LogP contribution in [0.5, 0.6) is 0 Å². The largest absolute Gasteiger partial charge is 0.390 e. The lowest BCUT2D eigenvalue weighted by atomic mass is 9.97. The van der Waals surface area contributed by atoms with E-state index in [1.807, 2.05) is 19.2 Å². The first kappa shape index (κ1) is 9.20.